The molecule has 2 heterocycles. The van der Waals surface area contributed by atoms with Gasteiger partial charge in [0.25, 0.3) is 17.0 Å². The van der Waals surface area contributed by atoms with Crippen molar-refractivity contribution in [3.05, 3.63) is 53.8 Å². The summed E-state index contributed by atoms with van der Waals surface area (Å²) < 4.78 is 10.6. The second-order valence-corrected chi connectivity index (χ2v) is 7.77. The molecular formula is C19H19N3O4S. The monoisotopic (exact) mass is 385 g/mol. The molecule has 0 unspecified atom stereocenters. The molecule has 3 rings (SSSR count). The van der Waals surface area contributed by atoms with Gasteiger partial charge in [-0.1, -0.05) is 44.7 Å². The highest BCUT2D eigenvalue weighted by Crippen LogP contribution is 2.24. The van der Waals surface area contributed by atoms with E-state index in [0.717, 1.165) is 17.3 Å². The minimum atomic E-state index is -0.442. The number of nitrogens with one attached hydrogen (secondary N) is 1. The molecule has 0 aliphatic heterocycles. The molecule has 0 saturated heterocycles. The number of hydrogen-bond donors (Lipinski definition) is 1. The molecule has 0 fully saturated rings. The smallest absolute Gasteiger partial charge is 0.284 e. The fourth-order valence-electron chi connectivity index (χ4n) is 2.25. The number of rotatable bonds is 5. The van der Waals surface area contributed by atoms with Gasteiger partial charge in [-0.2, -0.15) is 0 Å². The number of nitrogens with zero attached hydrogens (tertiary/aromatic N) is 2. The third kappa shape index (κ3) is 4.85. The van der Waals surface area contributed by atoms with Crippen molar-refractivity contribution in [2.45, 2.75) is 31.4 Å². The predicted octanol–water partition coefficient (Wildman–Crippen LogP) is 3.68. The Labute approximate surface area is 160 Å². The molecule has 27 heavy (non-hydrogen) atoms. The highest BCUT2D eigenvalue weighted by atomic mass is 32.2. The van der Waals surface area contributed by atoms with Crippen molar-refractivity contribution in [1.82, 2.24) is 15.5 Å². The van der Waals surface area contributed by atoms with Gasteiger partial charge in [0.1, 0.15) is 0 Å². The topological polar surface area (TPSA) is 98.2 Å². The van der Waals surface area contributed by atoms with Gasteiger partial charge in [0.2, 0.25) is 5.91 Å². The first-order valence-corrected chi connectivity index (χ1v) is 9.26. The van der Waals surface area contributed by atoms with Crippen molar-refractivity contribution in [3.8, 4) is 11.7 Å². The maximum absolute atomic E-state index is 12.2. The lowest BCUT2D eigenvalue weighted by Crippen LogP contribution is -2.31. The van der Waals surface area contributed by atoms with Gasteiger partial charge in [-0.25, -0.2) is 0 Å². The largest absolute Gasteiger partial charge is 0.459 e. The second-order valence-electron chi connectivity index (χ2n) is 6.84. The van der Waals surface area contributed by atoms with Crippen molar-refractivity contribution in [2.75, 3.05) is 5.75 Å². The van der Waals surface area contributed by atoms with E-state index in [1.165, 1.54) is 6.26 Å². The Morgan fingerprint density at radius 3 is 2.48 bits per heavy atom. The molecule has 2 amide bonds. The van der Waals surface area contributed by atoms with Crippen LogP contribution in [0.5, 0.6) is 0 Å². The highest BCUT2D eigenvalue weighted by molar-refractivity contribution is 7.99. The first kappa shape index (κ1) is 18.9. The van der Waals surface area contributed by atoms with E-state index in [0.29, 0.717) is 11.3 Å². The van der Waals surface area contributed by atoms with E-state index in [-0.39, 0.29) is 22.3 Å². The Kier molecular flexibility index (Phi) is 5.46. The number of aromatic nitrogens is 2. The van der Waals surface area contributed by atoms with Gasteiger partial charge in [0.05, 0.1) is 12.0 Å². The zero-order valence-corrected chi connectivity index (χ0v) is 16.0. The van der Waals surface area contributed by atoms with E-state index in [4.69, 9.17) is 8.83 Å². The molecule has 0 saturated carbocycles. The third-order valence-corrected chi connectivity index (χ3v) is 4.55. The van der Waals surface area contributed by atoms with E-state index >= 15 is 0 Å². The summed E-state index contributed by atoms with van der Waals surface area (Å²) in [5, 5.41) is 10.3. The van der Waals surface area contributed by atoms with Crippen molar-refractivity contribution in [1.29, 1.82) is 0 Å². The molecule has 2 aromatic heterocycles. The quantitative estimate of drug-likeness (QED) is 0.669. The zero-order valence-electron chi connectivity index (χ0n) is 15.2. The van der Waals surface area contributed by atoms with Crippen LogP contribution in [0, 0.1) is 0 Å². The number of hydrogen-bond acceptors (Lipinski definition) is 7. The molecule has 8 heteroatoms. The number of imide groups is 1. The number of amides is 2. The van der Waals surface area contributed by atoms with Crippen LogP contribution >= 0.6 is 11.8 Å². The van der Waals surface area contributed by atoms with Gasteiger partial charge in [0, 0.05) is 5.56 Å². The number of furan rings is 1. The summed E-state index contributed by atoms with van der Waals surface area (Å²) in [6.07, 6.45) is 1.50. The lowest BCUT2D eigenvalue weighted by molar-refractivity contribution is -0.117. The molecule has 0 aliphatic rings. The molecular weight excluding hydrogens is 366 g/mol. The van der Waals surface area contributed by atoms with E-state index in [2.05, 4.69) is 36.3 Å². The van der Waals surface area contributed by atoms with Gasteiger partial charge in [0.15, 0.2) is 5.76 Å². The summed E-state index contributed by atoms with van der Waals surface area (Å²) in [7, 11) is 0. The minimum Gasteiger partial charge on any atom is -0.459 e. The number of benzene rings is 1. The Bertz CT molecular complexity index is 925. The Hall–Kier alpha value is -2.87. The Morgan fingerprint density at radius 2 is 1.85 bits per heavy atom. The first-order chi connectivity index (χ1) is 12.8. The molecule has 0 aliphatic carbocycles. The molecule has 0 spiro atoms. The standard InChI is InChI=1S/C19H19N3O4S/c1-19(2,3)13-8-6-12(7-9-13)16(24)20-15(23)11-27-18-22-21-17(26-18)14-5-4-10-25-14/h4-10H,11H2,1-3H3,(H,20,23,24). The molecule has 1 N–H and O–H groups in total. The zero-order chi connectivity index (χ0) is 19.4. The van der Waals surface area contributed by atoms with Crippen LogP contribution in [0.3, 0.4) is 0 Å². The summed E-state index contributed by atoms with van der Waals surface area (Å²) in [5.74, 6) is -0.220. The average molecular weight is 385 g/mol. The maximum Gasteiger partial charge on any atom is 0.284 e. The summed E-state index contributed by atoms with van der Waals surface area (Å²) >= 11 is 1.04. The van der Waals surface area contributed by atoms with Crippen LogP contribution in [0.1, 0.15) is 36.7 Å². The van der Waals surface area contributed by atoms with E-state index in [1.54, 1.807) is 24.3 Å². The molecule has 0 radical (unpaired) electrons. The predicted molar refractivity (Wildman–Crippen MR) is 100 cm³/mol. The Balaban J connectivity index is 1.52. The molecule has 0 bridgehead atoms. The van der Waals surface area contributed by atoms with Crippen LogP contribution in [-0.2, 0) is 10.2 Å². The second kappa shape index (κ2) is 7.79. The molecule has 0 atom stereocenters. The maximum atomic E-state index is 12.2. The van der Waals surface area contributed by atoms with Crippen LogP contribution in [0.4, 0.5) is 0 Å². The van der Waals surface area contributed by atoms with E-state index < -0.39 is 11.8 Å². The third-order valence-electron chi connectivity index (χ3n) is 3.73. The Morgan fingerprint density at radius 1 is 1.11 bits per heavy atom. The molecule has 1 aromatic carbocycles. The summed E-state index contributed by atoms with van der Waals surface area (Å²) in [6.45, 7) is 6.28. The summed E-state index contributed by atoms with van der Waals surface area (Å²) in [4.78, 5) is 24.2. The lowest BCUT2D eigenvalue weighted by Gasteiger charge is -2.18. The van der Waals surface area contributed by atoms with Crippen LogP contribution < -0.4 is 5.32 Å². The van der Waals surface area contributed by atoms with Gasteiger partial charge in [-0.3, -0.25) is 14.9 Å². The highest BCUT2D eigenvalue weighted by Gasteiger charge is 2.17. The summed E-state index contributed by atoms with van der Waals surface area (Å²) in [6, 6.07) is 10.6. The van der Waals surface area contributed by atoms with Gasteiger partial charge < -0.3 is 8.83 Å². The van der Waals surface area contributed by atoms with Crippen LogP contribution in [0.25, 0.3) is 11.7 Å². The molecule has 3 aromatic rings. The van der Waals surface area contributed by atoms with E-state index in [1.807, 2.05) is 12.1 Å². The van der Waals surface area contributed by atoms with Crippen LogP contribution in [0.15, 0.2) is 56.7 Å². The van der Waals surface area contributed by atoms with Crippen LogP contribution in [-0.4, -0.2) is 27.8 Å². The number of carbonyl (C=O) groups is 2. The van der Waals surface area contributed by atoms with Crippen LogP contribution in [0.2, 0.25) is 0 Å². The van der Waals surface area contributed by atoms with Gasteiger partial charge in [-0.15, -0.1) is 10.2 Å². The van der Waals surface area contributed by atoms with Crippen molar-refractivity contribution < 1.29 is 18.4 Å². The lowest BCUT2D eigenvalue weighted by atomic mass is 9.87. The number of thioether (sulfide) groups is 1. The molecule has 7 nitrogen and oxygen atoms in total. The number of carbonyl (C=O) groups excluding carboxylic acids is 2. The van der Waals surface area contributed by atoms with Gasteiger partial charge >= 0.3 is 0 Å². The SMILES string of the molecule is CC(C)(C)c1ccc(C(=O)NC(=O)CSc2nnc(-c3ccco3)o2)cc1. The fraction of sp³-hybridized carbons (Fsp3) is 0.263. The first-order valence-electron chi connectivity index (χ1n) is 8.28. The van der Waals surface area contributed by atoms with Gasteiger partial charge in [-0.05, 0) is 35.2 Å². The van der Waals surface area contributed by atoms with Crippen molar-refractivity contribution in [2.24, 2.45) is 0 Å². The summed E-state index contributed by atoms with van der Waals surface area (Å²) in [5.41, 5.74) is 1.55. The van der Waals surface area contributed by atoms with E-state index in [9.17, 15) is 9.59 Å². The van der Waals surface area contributed by atoms with Crippen molar-refractivity contribution >= 4 is 23.6 Å². The fourth-order valence-corrected chi connectivity index (χ4v) is 2.81. The normalized spacial score (nSPS) is 11.4. The van der Waals surface area contributed by atoms with Crippen molar-refractivity contribution in [3.63, 3.8) is 0 Å². The molecule has 140 valence electrons. The average Bonchev–Trinajstić information content (AvgIpc) is 3.30. The minimum absolute atomic E-state index is 0.0000406.